The molecule has 1 aromatic carbocycles. The molecular weight excluding hydrogens is 387 g/mol. The molecule has 0 aliphatic carbocycles. The van der Waals surface area contributed by atoms with Gasteiger partial charge in [-0.05, 0) is 58.4 Å². The van der Waals surface area contributed by atoms with Crippen LogP contribution in [-0.4, -0.2) is 11.5 Å². The summed E-state index contributed by atoms with van der Waals surface area (Å²) in [7, 11) is 0. The van der Waals surface area contributed by atoms with E-state index in [4.69, 9.17) is 0 Å². The van der Waals surface area contributed by atoms with Crippen LogP contribution < -0.4 is 5.32 Å². The number of halogens is 3. The molecule has 1 N–H and O–H groups in total. The van der Waals surface area contributed by atoms with Crippen LogP contribution in [0.25, 0.3) is 0 Å². The van der Waals surface area contributed by atoms with E-state index in [1.807, 2.05) is 25.1 Å². The number of nitrogens with zero attached hydrogens (tertiary/aromatic N) is 1. The van der Waals surface area contributed by atoms with E-state index in [0.717, 1.165) is 33.2 Å². The summed E-state index contributed by atoms with van der Waals surface area (Å²) in [6.07, 6.45) is 2.50. The van der Waals surface area contributed by atoms with Crippen molar-refractivity contribution in [3.05, 3.63) is 62.5 Å². The first-order valence-electron chi connectivity index (χ1n) is 6.38. The maximum Gasteiger partial charge on any atom is 0.124 e. The number of likely N-dealkylation sites (N-methyl/N-ethyl adjacent to an activating group) is 1. The monoisotopic (exact) mass is 400 g/mol. The van der Waals surface area contributed by atoms with Gasteiger partial charge in [0.1, 0.15) is 5.82 Å². The third-order valence-electron chi connectivity index (χ3n) is 2.94. The Bertz CT molecular complexity index is 552. The molecule has 1 heterocycles. The van der Waals surface area contributed by atoms with E-state index in [1.165, 1.54) is 6.07 Å². The van der Waals surface area contributed by atoms with Gasteiger partial charge in [0.15, 0.2) is 0 Å². The maximum absolute atomic E-state index is 13.5. The lowest BCUT2D eigenvalue weighted by Gasteiger charge is -2.18. The molecule has 0 saturated carbocycles. The van der Waals surface area contributed by atoms with Gasteiger partial charge in [-0.3, -0.25) is 4.98 Å². The predicted octanol–water partition coefficient (Wildman–Crippen LogP) is 4.64. The number of benzene rings is 1. The van der Waals surface area contributed by atoms with Gasteiger partial charge in [-0.2, -0.15) is 0 Å². The number of aromatic nitrogens is 1. The lowest BCUT2D eigenvalue weighted by molar-refractivity contribution is 0.537. The summed E-state index contributed by atoms with van der Waals surface area (Å²) in [4.78, 5) is 4.38. The first kappa shape index (κ1) is 15.6. The lowest BCUT2D eigenvalue weighted by Crippen LogP contribution is -2.23. The fraction of sp³-hybridized carbons (Fsp3) is 0.267. The van der Waals surface area contributed by atoms with Crippen LogP contribution in [0.3, 0.4) is 0 Å². The summed E-state index contributed by atoms with van der Waals surface area (Å²) in [5.41, 5.74) is 1.89. The van der Waals surface area contributed by atoms with Gasteiger partial charge in [-0.15, -0.1) is 0 Å². The quantitative estimate of drug-likeness (QED) is 0.789. The molecule has 0 spiro atoms. The Morgan fingerprint density at radius 3 is 2.60 bits per heavy atom. The smallest absolute Gasteiger partial charge is 0.124 e. The summed E-state index contributed by atoms with van der Waals surface area (Å²) < 4.78 is 15.2. The average molecular weight is 402 g/mol. The number of hydrogen-bond donors (Lipinski definition) is 1. The second kappa shape index (κ2) is 7.29. The van der Waals surface area contributed by atoms with Crippen molar-refractivity contribution in [2.24, 2.45) is 0 Å². The van der Waals surface area contributed by atoms with Crippen LogP contribution in [0.1, 0.15) is 24.2 Å². The van der Waals surface area contributed by atoms with Crippen molar-refractivity contribution in [3.63, 3.8) is 0 Å². The first-order valence-corrected chi connectivity index (χ1v) is 7.97. The largest absolute Gasteiger partial charge is 0.310 e. The SMILES string of the molecule is CCNC(Cc1ccc(Br)cn1)c1cc(F)cc(Br)c1. The van der Waals surface area contributed by atoms with Crippen molar-refractivity contribution in [3.8, 4) is 0 Å². The summed E-state index contributed by atoms with van der Waals surface area (Å²) in [6.45, 7) is 2.85. The summed E-state index contributed by atoms with van der Waals surface area (Å²) in [5.74, 6) is -0.235. The van der Waals surface area contributed by atoms with Gasteiger partial charge in [0.2, 0.25) is 0 Å². The van der Waals surface area contributed by atoms with Crippen LogP contribution in [0, 0.1) is 5.82 Å². The Morgan fingerprint density at radius 2 is 2.00 bits per heavy atom. The minimum atomic E-state index is -0.235. The van der Waals surface area contributed by atoms with E-state index in [2.05, 4.69) is 42.2 Å². The molecule has 2 aromatic rings. The van der Waals surface area contributed by atoms with E-state index in [-0.39, 0.29) is 11.9 Å². The van der Waals surface area contributed by atoms with Crippen molar-refractivity contribution in [2.45, 2.75) is 19.4 Å². The highest BCUT2D eigenvalue weighted by Crippen LogP contribution is 2.23. The van der Waals surface area contributed by atoms with Gasteiger partial charge in [0, 0.05) is 33.3 Å². The molecule has 0 amide bonds. The van der Waals surface area contributed by atoms with E-state index in [1.54, 1.807) is 12.3 Å². The van der Waals surface area contributed by atoms with Gasteiger partial charge in [-0.25, -0.2) is 4.39 Å². The van der Waals surface area contributed by atoms with Crippen LogP contribution in [0.4, 0.5) is 4.39 Å². The molecule has 20 heavy (non-hydrogen) atoms. The normalized spacial score (nSPS) is 12.4. The fourth-order valence-electron chi connectivity index (χ4n) is 2.07. The molecule has 2 nitrogen and oxygen atoms in total. The van der Waals surface area contributed by atoms with Crippen molar-refractivity contribution in [1.82, 2.24) is 10.3 Å². The van der Waals surface area contributed by atoms with Crippen molar-refractivity contribution in [2.75, 3.05) is 6.54 Å². The second-order valence-electron chi connectivity index (χ2n) is 4.48. The van der Waals surface area contributed by atoms with Gasteiger partial charge in [-0.1, -0.05) is 22.9 Å². The number of hydrogen-bond acceptors (Lipinski definition) is 2. The number of pyridine rings is 1. The zero-order valence-electron chi connectivity index (χ0n) is 11.0. The molecule has 0 bridgehead atoms. The first-order chi connectivity index (χ1) is 9.58. The Balaban J connectivity index is 2.23. The molecular formula is C15H15Br2FN2. The van der Waals surface area contributed by atoms with Gasteiger partial charge in [0.25, 0.3) is 0 Å². The lowest BCUT2D eigenvalue weighted by atomic mass is 10.0. The van der Waals surface area contributed by atoms with Crippen LogP contribution in [0.2, 0.25) is 0 Å². The molecule has 0 fully saturated rings. The minimum absolute atomic E-state index is 0.0423. The van der Waals surface area contributed by atoms with Crippen LogP contribution in [0.5, 0.6) is 0 Å². The van der Waals surface area contributed by atoms with Gasteiger partial charge >= 0.3 is 0 Å². The second-order valence-corrected chi connectivity index (χ2v) is 6.32. The van der Waals surface area contributed by atoms with Gasteiger partial charge in [0.05, 0.1) is 0 Å². The topological polar surface area (TPSA) is 24.9 Å². The molecule has 106 valence electrons. The highest BCUT2D eigenvalue weighted by atomic mass is 79.9. The Kier molecular flexibility index (Phi) is 5.69. The maximum atomic E-state index is 13.5. The van der Waals surface area contributed by atoms with Crippen LogP contribution >= 0.6 is 31.9 Å². The molecule has 5 heteroatoms. The van der Waals surface area contributed by atoms with Crippen LogP contribution in [-0.2, 0) is 6.42 Å². The summed E-state index contributed by atoms with van der Waals surface area (Å²) in [6, 6.07) is 8.95. The third-order valence-corrected chi connectivity index (χ3v) is 3.87. The van der Waals surface area contributed by atoms with E-state index in [0.29, 0.717) is 0 Å². The molecule has 0 aliphatic heterocycles. The van der Waals surface area contributed by atoms with E-state index >= 15 is 0 Å². The number of nitrogens with one attached hydrogen (secondary N) is 1. The Labute approximate surface area is 135 Å². The summed E-state index contributed by atoms with van der Waals surface area (Å²) >= 11 is 6.71. The Morgan fingerprint density at radius 1 is 1.20 bits per heavy atom. The van der Waals surface area contributed by atoms with E-state index < -0.39 is 0 Å². The average Bonchev–Trinajstić information content (AvgIpc) is 2.39. The Hall–Kier alpha value is -0.780. The highest BCUT2D eigenvalue weighted by molar-refractivity contribution is 9.10. The van der Waals surface area contributed by atoms with Crippen molar-refractivity contribution in [1.29, 1.82) is 0 Å². The molecule has 2 rings (SSSR count). The molecule has 1 aromatic heterocycles. The molecule has 1 atom stereocenters. The molecule has 0 aliphatic rings. The summed E-state index contributed by atoms with van der Waals surface area (Å²) in [5, 5.41) is 3.38. The zero-order valence-corrected chi connectivity index (χ0v) is 14.2. The van der Waals surface area contributed by atoms with Crippen molar-refractivity contribution >= 4 is 31.9 Å². The molecule has 0 radical (unpaired) electrons. The fourth-order valence-corrected chi connectivity index (χ4v) is 2.78. The molecule has 0 saturated heterocycles. The number of rotatable bonds is 5. The van der Waals surface area contributed by atoms with Gasteiger partial charge < -0.3 is 5.32 Å². The highest BCUT2D eigenvalue weighted by Gasteiger charge is 2.13. The van der Waals surface area contributed by atoms with Crippen molar-refractivity contribution < 1.29 is 4.39 Å². The van der Waals surface area contributed by atoms with Crippen LogP contribution in [0.15, 0.2) is 45.5 Å². The third kappa shape index (κ3) is 4.36. The molecule has 1 unspecified atom stereocenters. The standard InChI is InChI=1S/C15H15Br2FN2/c1-2-19-15(8-14-4-3-11(16)9-20-14)10-5-12(17)7-13(18)6-10/h3-7,9,15,19H,2,8H2,1H3. The zero-order chi connectivity index (χ0) is 14.5. The predicted molar refractivity (Wildman–Crippen MR) is 86.2 cm³/mol. The minimum Gasteiger partial charge on any atom is -0.310 e. The van der Waals surface area contributed by atoms with E-state index in [9.17, 15) is 4.39 Å².